The Balaban J connectivity index is 1.70. The number of hydrogen-bond acceptors (Lipinski definition) is 3. The molecular weight excluding hydrogens is 164 g/mol. The number of hydrogen-bond donors (Lipinski definition) is 1. The summed E-state index contributed by atoms with van der Waals surface area (Å²) in [5.74, 6) is 0.933. The smallest absolute Gasteiger partial charge is 0.0594 e. The summed E-state index contributed by atoms with van der Waals surface area (Å²) in [6, 6.07) is 1.63. The Hall–Kier alpha value is -0.120. The number of rotatable bonds is 1. The fraction of sp³-hybridized carbons (Fsp3) is 1.00. The number of nitrogens with one attached hydrogen (secondary N) is 1. The Morgan fingerprint density at radius 3 is 2.54 bits per heavy atom. The van der Waals surface area contributed by atoms with Gasteiger partial charge in [0.25, 0.3) is 0 Å². The molecule has 2 saturated heterocycles. The number of nitrogens with zero attached hydrogens (tertiary/aromatic N) is 1. The van der Waals surface area contributed by atoms with E-state index in [0.717, 1.165) is 44.3 Å². The molecule has 13 heavy (non-hydrogen) atoms. The van der Waals surface area contributed by atoms with Crippen molar-refractivity contribution < 1.29 is 4.74 Å². The van der Waals surface area contributed by atoms with Crippen LogP contribution in [-0.2, 0) is 4.74 Å². The van der Waals surface area contributed by atoms with Crippen molar-refractivity contribution in [1.29, 1.82) is 0 Å². The molecule has 0 aromatic heterocycles. The second-order valence-electron chi connectivity index (χ2n) is 4.49. The second-order valence-corrected chi connectivity index (χ2v) is 4.49. The molecule has 2 heterocycles. The van der Waals surface area contributed by atoms with Gasteiger partial charge in [0.2, 0.25) is 0 Å². The molecule has 0 amide bonds. The molecule has 3 aliphatic rings. The van der Waals surface area contributed by atoms with Crippen LogP contribution in [0.15, 0.2) is 0 Å². The van der Waals surface area contributed by atoms with Crippen molar-refractivity contribution in [2.75, 3.05) is 32.8 Å². The minimum absolute atomic E-state index is 0.795. The molecule has 3 nitrogen and oxygen atoms in total. The first-order valence-corrected chi connectivity index (χ1v) is 5.50. The summed E-state index contributed by atoms with van der Waals surface area (Å²) in [5, 5.41) is 3.62. The number of ether oxygens (including phenoxy) is 1. The fourth-order valence-corrected chi connectivity index (χ4v) is 3.24. The Bertz CT molecular complexity index is 171. The van der Waals surface area contributed by atoms with Crippen molar-refractivity contribution in [3.63, 3.8) is 0 Å². The van der Waals surface area contributed by atoms with E-state index in [1.165, 1.54) is 19.4 Å². The van der Waals surface area contributed by atoms with E-state index in [-0.39, 0.29) is 0 Å². The van der Waals surface area contributed by atoms with Crippen LogP contribution in [0.3, 0.4) is 0 Å². The lowest BCUT2D eigenvalue weighted by Gasteiger charge is -2.34. The maximum Gasteiger partial charge on any atom is 0.0594 e. The third kappa shape index (κ3) is 1.30. The van der Waals surface area contributed by atoms with Gasteiger partial charge in [0.1, 0.15) is 0 Å². The Morgan fingerprint density at radius 1 is 1.15 bits per heavy atom. The monoisotopic (exact) mass is 182 g/mol. The van der Waals surface area contributed by atoms with E-state index in [4.69, 9.17) is 4.74 Å². The first-order chi connectivity index (χ1) is 6.45. The summed E-state index contributed by atoms with van der Waals surface area (Å²) >= 11 is 0. The lowest BCUT2D eigenvalue weighted by atomic mass is 10.0. The predicted octanol–water partition coefficient (Wildman–Crippen LogP) is 0.0690. The van der Waals surface area contributed by atoms with Crippen molar-refractivity contribution in [3.8, 4) is 0 Å². The normalized spacial score (nSPS) is 45.7. The highest BCUT2D eigenvalue weighted by atomic mass is 16.5. The average molecular weight is 182 g/mol. The quantitative estimate of drug-likeness (QED) is 0.621. The molecule has 0 aromatic rings. The SMILES string of the molecule is C1CN([C@@H]2[C@H]3CC[C@H]2NC3)CCO1. The van der Waals surface area contributed by atoms with Crippen molar-refractivity contribution in [2.24, 2.45) is 5.92 Å². The molecule has 3 fully saturated rings. The summed E-state index contributed by atoms with van der Waals surface area (Å²) in [7, 11) is 0. The van der Waals surface area contributed by atoms with Crippen LogP contribution in [0.1, 0.15) is 12.8 Å². The Kier molecular flexibility index (Phi) is 2.04. The summed E-state index contributed by atoms with van der Waals surface area (Å²) < 4.78 is 5.39. The molecular formula is C10H18N2O. The lowest BCUT2D eigenvalue weighted by molar-refractivity contribution is 0.0116. The van der Waals surface area contributed by atoms with Gasteiger partial charge in [-0.15, -0.1) is 0 Å². The maximum absolute atomic E-state index is 5.39. The first kappa shape index (κ1) is 8.21. The molecule has 0 radical (unpaired) electrons. The van der Waals surface area contributed by atoms with Crippen LogP contribution in [0.4, 0.5) is 0 Å². The molecule has 0 aromatic carbocycles. The van der Waals surface area contributed by atoms with Gasteiger partial charge in [-0.3, -0.25) is 4.90 Å². The van der Waals surface area contributed by atoms with Crippen LogP contribution in [0.2, 0.25) is 0 Å². The largest absolute Gasteiger partial charge is 0.379 e. The third-order valence-electron chi connectivity index (χ3n) is 3.85. The van der Waals surface area contributed by atoms with Crippen LogP contribution >= 0.6 is 0 Å². The number of fused-ring (bicyclic) bond motifs is 2. The van der Waals surface area contributed by atoms with E-state index >= 15 is 0 Å². The minimum Gasteiger partial charge on any atom is -0.379 e. The Labute approximate surface area is 79.4 Å². The zero-order valence-electron chi connectivity index (χ0n) is 8.04. The molecule has 3 rings (SSSR count). The second kappa shape index (κ2) is 3.23. The van der Waals surface area contributed by atoms with Crippen molar-refractivity contribution in [2.45, 2.75) is 24.9 Å². The maximum atomic E-state index is 5.39. The zero-order valence-corrected chi connectivity index (χ0v) is 8.04. The lowest BCUT2D eigenvalue weighted by Crippen LogP contribution is -2.48. The predicted molar refractivity (Wildman–Crippen MR) is 50.7 cm³/mol. The minimum atomic E-state index is 0.795. The molecule has 1 saturated carbocycles. The summed E-state index contributed by atoms with van der Waals surface area (Å²) in [6.45, 7) is 5.44. The van der Waals surface area contributed by atoms with Gasteiger partial charge in [0, 0.05) is 25.2 Å². The van der Waals surface area contributed by atoms with Gasteiger partial charge in [0.15, 0.2) is 0 Å². The van der Waals surface area contributed by atoms with E-state index in [2.05, 4.69) is 10.2 Å². The van der Waals surface area contributed by atoms with Crippen LogP contribution in [0.5, 0.6) is 0 Å². The first-order valence-electron chi connectivity index (χ1n) is 5.50. The number of morpholine rings is 1. The van der Waals surface area contributed by atoms with Gasteiger partial charge in [-0.25, -0.2) is 0 Å². The van der Waals surface area contributed by atoms with Crippen molar-refractivity contribution in [1.82, 2.24) is 10.2 Å². The van der Waals surface area contributed by atoms with Crippen LogP contribution in [-0.4, -0.2) is 49.8 Å². The highest BCUT2D eigenvalue weighted by Crippen LogP contribution is 2.35. The van der Waals surface area contributed by atoms with Crippen LogP contribution in [0, 0.1) is 5.92 Å². The highest BCUT2D eigenvalue weighted by molar-refractivity contribution is 5.02. The van der Waals surface area contributed by atoms with Gasteiger partial charge in [0.05, 0.1) is 13.2 Å². The molecule has 74 valence electrons. The van der Waals surface area contributed by atoms with Crippen molar-refractivity contribution >= 4 is 0 Å². The zero-order chi connectivity index (χ0) is 8.67. The summed E-state index contributed by atoms with van der Waals surface area (Å²) in [5.41, 5.74) is 0. The summed E-state index contributed by atoms with van der Waals surface area (Å²) in [4.78, 5) is 2.64. The van der Waals surface area contributed by atoms with Crippen LogP contribution in [0.25, 0.3) is 0 Å². The third-order valence-corrected chi connectivity index (χ3v) is 3.85. The van der Waals surface area contributed by atoms with Gasteiger partial charge in [-0.05, 0) is 25.3 Å². The number of piperidine rings is 1. The molecule has 0 spiro atoms. The van der Waals surface area contributed by atoms with Gasteiger partial charge in [-0.1, -0.05) is 0 Å². The molecule has 1 N–H and O–H groups in total. The van der Waals surface area contributed by atoms with Crippen LogP contribution < -0.4 is 5.32 Å². The average Bonchev–Trinajstić information content (AvgIpc) is 2.78. The van der Waals surface area contributed by atoms with E-state index in [0.29, 0.717) is 0 Å². The Morgan fingerprint density at radius 2 is 2.00 bits per heavy atom. The van der Waals surface area contributed by atoms with Crippen molar-refractivity contribution in [3.05, 3.63) is 0 Å². The highest BCUT2D eigenvalue weighted by Gasteiger charge is 2.44. The van der Waals surface area contributed by atoms with E-state index in [1.807, 2.05) is 0 Å². The molecule has 3 atom stereocenters. The summed E-state index contributed by atoms with van der Waals surface area (Å²) in [6.07, 6.45) is 2.84. The molecule has 0 unspecified atom stereocenters. The molecule has 2 aliphatic heterocycles. The standard InChI is InChI=1S/C10H18N2O/c1-2-9-10(8(1)7-11-9)12-3-5-13-6-4-12/h8-11H,1-7H2/t8-,9+,10+/m0/s1. The van der Waals surface area contributed by atoms with E-state index in [9.17, 15) is 0 Å². The fourth-order valence-electron chi connectivity index (χ4n) is 3.24. The van der Waals surface area contributed by atoms with E-state index in [1.54, 1.807) is 0 Å². The molecule has 3 heteroatoms. The molecule has 2 bridgehead atoms. The van der Waals surface area contributed by atoms with Gasteiger partial charge >= 0.3 is 0 Å². The van der Waals surface area contributed by atoms with Gasteiger partial charge < -0.3 is 10.1 Å². The van der Waals surface area contributed by atoms with E-state index < -0.39 is 0 Å². The topological polar surface area (TPSA) is 24.5 Å². The molecule has 1 aliphatic carbocycles. The van der Waals surface area contributed by atoms with Gasteiger partial charge in [-0.2, -0.15) is 0 Å².